The average Bonchev–Trinajstić information content (AvgIpc) is 3.26. The van der Waals surface area contributed by atoms with Crippen LogP contribution in [0, 0.1) is 19.9 Å². The Morgan fingerprint density at radius 2 is 0.884 bits per heavy atom. The zero-order valence-electron chi connectivity index (χ0n) is 24.3. The molecule has 0 N–H and O–H groups in total. The fraction of sp³-hybridized carbons (Fsp3) is 0.0513. The molecule has 0 saturated carbocycles. The average molecular weight is 622 g/mol. The normalized spacial score (nSPS) is 10.3. The summed E-state index contributed by atoms with van der Waals surface area (Å²) >= 11 is 0. The largest absolute Gasteiger partial charge is 2.00 e. The molecule has 0 aliphatic rings. The second-order valence-electron chi connectivity index (χ2n) is 9.43. The summed E-state index contributed by atoms with van der Waals surface area (Å²) in [6.07, 6.45) is 0. The Hall–Kier alpha value is -4.29. The smallest absolute Gasteiger partial charge is 0.871 e. The van der Waals surface area contributed by atoms with Gasteiger partial charge < -0.3 is 5.11 Å². The van der Waals surface area contributed by atoms with Gasteiger partial charge in [-0.3, -0.25) is 0 Å². The van der Waals surface area contributed by atoms with Gasteiger partial charge in [-0.1, -0.05) is 139 Å². The number of hydrogen-bond donors (Lipinski definition) is 0. The van der Waals surface area contributed by atoms with Gasteiger partial charge in [-0.2, -0.15) is 36.4 Å². The van der Waals surface area contributed by atoms with Crippen molar-refractivity contribution < 1.29 is 21.6 Å². The molecule has 43 heavy (non-hydrogen) atoms. The van der Waals surface area contributed by atoms with Gasteiger partial charge in [0.15, 0.2) is 0 Å². The van der Waals surface area contributed by atoms with E-state index in [9.17, 15) is 5.11 Å². The predicted molar refractivity (Wildman–Crippen MR) is 177 cm³/mol. The van der Waals surface area contributed by atoms with Crippen molar-refractivity contribution in [2.45, 2.75) is 13.8 Å². The van der Waals surface area contributed by atoms with Gasteiger partial charge in [0.2, 0.25) is 0 Å². The standard InChI is InChI=1S/C18H15P.C15H15NO.C6H5.Ni/c1-4-10-16(11-5-1)19(17-12-6-2-7-13-17)18-14-8-3-9-15-18;1-11-7-6-8-12(2)15(11)16-13-9-4-3-5-10-14(13)17;1-2-4-6-5-3-1;/h1-15H;3-10H,1-2H3,(H,16,17);1-5H;/q;;-1;+2/p-1. The van der Waals surface area contributed by atoms with Gasteiger partial charge in [0.1, 0.15) is 0 Å². The van der Waals surface area contributed by atoms with Gasteiger partial charge >= 0.3 is 16.5 Å². The van der Waals surface area contributed by atoms with Crippen molar-refractivity contribution in [1.29, 1.82) is 0 Å². The minimum Gasteiger partial charge on any atom is -0.871 e. The maximum absolute atomic E-state index is 11.8. The molecule has 216 valence electrons. The van der Waals surface area contributed by atoms with Crippen LogP contribution in [0.5, 0.6) is 5.75 Å². The van der Waals surface area contributed by atoms with E-state index in [1.807, 2.05) is 74.5 Å². The first-order chi connectivity index (χ1) is 20.6. The third-order valence-corrected chi connectivity index (χ3v) is 8.74. The zero-order valence-corrected chi connectivity index (χ0v) is 26.2. The Kier molecular flexibility index (Phi) is 14.1. The molecule has 0 radical (unpaired) electrons. The summed E-state index contributed by atoms with van der Waals surface area (Å²) < 4.78 is 0. The Balaban J connectivity index is 0.000000195. The van der Waals surface area contributed by atoms with Gasteiger partial charge in [0, 0.05) is 0 Å². The molecule has 0 atom stereocenters. The first-order valence-corrected chi connectivity index (χ1v) is 15.2. The summed E-state index contributed by atoms with van der Waals surface area (Å²) in [6, 6.07) is 59.5. The molecule has 6 rings (SSSR count). The third-order valence-electron chi connectivity index (χ3n) is 6.30. The molecule has 0 aliphatic carbocycles. The Morgan fingerprint density at radius 3 is 1.28 bits per heavy atom. The Morgan fingerprint density at radius 1 is 0.488 bits per heavy atom. The van der Waals surface area contributed by atoms with E-state index in [0.29, 0.717) is 5.36 Å². The van der Waals surface area contributed by atoms with Crippen LogP contribution >= 0.6 is 7.92 Å². The van der Waals surface area contributed by atoms with Crippen molar-refractivity contribution in [1.82, 2.24) is 0 Å². The van der Waals surface area contributed by atoms with E-state index >= 15 is 0 Å². The molecule has 0 spiro atoms. The van der Waals surface area contributed by atoms with E-state index < -0.39 is 7.92 Å². The zero-order chi connectivity index (χ0) is 29.4. The fourth-order valence-corrected chi connectivity index (χ4v) is 6.54. The number of hydrogen-bond acceptors (Lipinski definition) is 2. The summed E-state index contributed by atoms with van der Waals surface area (Å²) in [7, 11) is -0.446. The molecule has 6 aromatic rings. The van der Waals surface area contributed by atoms with Crippen molar-refractivity contribution in [2.75, 3.05) is 0 Å². The van der Waals surface area contributed by atoms with Crippen LogP contribution in [-0.2, 0) is 16.5 Å². The topological polar surface area (TPSA) is 35.4 Å². The van der Waals surface area contributed by atoms with E-state index in [4.69, 9.17) is 0 Å². The molecule has 0 amide bonds. The summed E-state index contributed by atoms with van der Waals surface area (Å²) in [6.45, 7) is 4.00. The Bertz CT molecular complexity index is 1560. The van der Waals surface area contributed by atoms with Gasteiger partial charge in [-0.15, -0.1) is 0 Å². The summed E-state index contributed by atoms with van der Waals surface area (Å²) in [5, 5.41) is 16.4. The monoisotopic (exact) mass is 621 g/mol. The SMILES string of the molecule is Cc1cccc(C)c1N=c1cccccc1[O-].[Ni+2].[c-]1ccccc1.c1ccc(P(c2ccccc2)c2ccccc2)cc1. The van der Waals surface area contributed by atoms with E-state index in [-0.39, 0.29) is 22.2 Å². The van der Waals surface area contributed by atoms with Crippen LogP contribution in [0.25, 0.3) is 0 Å². The minimum absolute atomic E-state index is 0. The summed E-state index contributed by atoms with van der Waals surface area (Å²) in [4.78, 5) is 4.47. The number of para-hydroxylation sites is 1. The van der Waals surface area contributed by atoms with Crippen molar-refractivity contribution in [2.24, 2.45) is 4.99 Å². The molecule has 0 heterocycles. The molecule has 0 aromatic heterocycles. The van der Waals surface area contributed by atoms with E-state index in [1.54, 1.807) is 12.1 Å². The quantitative estimate of drug-likeness (QED) is 0.114. The first-order valence-electron chi connectivity index (χ1n) is 13.9. The van der Waals surface area contributed by atoms with Crippen LogP contribution in [0.3, 0.4) is 0 Å². The van der Waals surface area contributed by atoms with Crippen molar-refractivity contribution >= 4 is 29.5 Å². The van der Waals surface area contributed by atoms with Crippen LogP contribution < -0.4 is 26.4 Å². The van der Waals surface area contributed by atoms with Crippen LogP contribution in [0.15, 0.2) is 175 Å². The molecule has 0 fully saturated rings. The molecular weight excluding hydrogens is 588 g/mol. The van der Waals surface area contributed by atoms with Crippen molar-refractivity contribution in [3.05, 3.63) is 192 Å². The number of rotatable bonds is 4. The van der Waals surface area contributed by atoms with Crippen molar-refractivity contribution in [3.8, 4) is 5.75 Å². The molecule has 4 heteroatoms. The summed E-state index contributed by atoms with van der Waals surface area (Å²) in [5.41, 5.74) is 3.04. The molecule has 0 bridgehead atoms. The molecule has 6 aromatic carbocycles. The van der Waals surface area contributed by atoms with Gasteiger partial charge in [-0.05, 0) is 54.9 Å². The van der Waals surface area contributed by atoms with Gasteiger partial charge in [0.05, 0.1) is 11.0 Å². The molecule has 0 unspecified atom stereocenters. The second-order valence-corrected chi connectivity index (χ2v) is 11.7. The second kappa shape index (κ2) is 18.3. The van der Waals surface area contributed by atoms with Gasteiger partial charge in [0.25, 0.3) is 0 Å². The van der Waals surface area contributed by atoms with E-state index in [2.05, 4.69) is 102 Å². The maximum atomic E-state index is 11.8. The van der Waals surface area contributed by atoms with E-state index in [1.165, 1.54) is 22.0 Å². The van der Waals surface area contributed by atoms with Crippen LogP contribution in [-0.4, -0.2) is 0 Å². The fourth-order valence-electron chi connectivity index (χ4n) is 4.24. The van der Waals surface area contributed by atoms with Crippen LogP contribution in [0.4, 0.5) is 5.69 Å². The first kappa shape index (κ1) is 33.2. The number of nitrogens with zero attached hydrogens (tertiary/aromatic N) is 1. The third kappa shape index (κ3) is 10.5. The van der Waals surface area contributed by atoms with Crippen LogP contribution in [0.2, 0.25) is 0 Å². The minimum atomic E-state index is -0.446. The number of aryl methyl sites for hydroxylation is 2. The molecule has 2 nitrogen and oxygen atoms in total. The van der Waals surface area contributed by atoms with Gasteiger partial charge in [-0.25, -0.2) is 4.99 Å². The molecule has 0 saturated heterocycles. The summed E-state index contributed by atoms with van der Waals surface area (Å²) in [5.74, 6) is -0.0577. The molecular formula is C39H34NNiOP. The Labute approximate surface area is 267 Å². The van der Waals surface area contributed by atoms with Crippen LogP contribution in [0.1, 0.15) is 11.1 Å². The predicted octanol–water partition coefficient (Wildman–Crippen LogP) is 7.54. The molecule has 0 aliphatic heterocycles. The van der Waals surface area contributed by atoms with Crippen molar-refractivity contribution in [3.63, 3.8) is 0 Å². The van der Waals surface area contributed by atoms with E-state index in [0.717, 1.165) is 16.8 Å². The number of benzene rings is 5. The maximum Gasteiger partial charge on any atom is 2.00 e.